The van der Waals surface area contributed by atoms with Gasteiger partial charge in [0.25, 0.3) is 0 Å². The molecule has 1 aromatic heterocycles. The smallest absolute Gasteiger partial charge is 0.306 e. The molecule has 136 valence electrons. The van der Waals surface area contributed by atoms with E-state index in [-0.39, 0.29) is 24.8 Å². The fourth-order valence-corrected chi connectivity index (χ4v) is 2.76. The van der Waals surface area contributed by atoms with Crippen molar-refractivity contribution in [1.82, 2.24) is 15.3 Å². The first kappa shape index (κ1) is 17.8. The number of fused-ring (bicyclic) bond motifs is 1. The summed E-state index contributed by atoms with van der Waals surface area (Å²) in [5.74, 6) is -0.604. The van der Waals surface area contributed by atoms with Crippen LogP contribution in [-0.2, 0) is 14.3 Å². The average Bonchev–Trinajstić information content (AvgIpc) is 2.59. The van der Waals surface area contributed by atoms with E-state index in [4.69, 9.17) is 0 Å². The Labute approximate surface area is 151 Å². The van der Waals surface area contributed by atoms with Gasteiger partial charge in [0.1, 0.15) is 0 Å². The first-order valence-electron chi connectivity index (χ1n) is 8.32. The van der Waals surface area contributed by atoms with E-state index < -0.39 is 11.9 Å². The molecule has 2 aromatic rings. The third kappa shape index (κ3) is 3.63. The first-order valence-corrected chi connectivity index (χ1v) is 8.32. The van der Waals surface area contributed by atoms with Crippen LogP contribution in [0, 0.1) is 26.7 Å². The number of ether oxygens (including phenoxy) is 1. The lowest BCUT2D eigenvalue weighted by atomic mass is 10.0. The Morgan fingerprint density at radius 1 is 1.27 bits per heavy atom. The van der Waals surface area contributed by atoms with Crippen molar-refractivity contribution in [2.45, 2.75) is 27.2 Å². The molecule has 0 bridgehead atoms. The zero-order chi connectivity index (χ0) is 18.8. The Balaban J connectivity index is 1.80. The number of benzene rings is 1. The van der Waals surface area contributed by atoms with Crippen LogP contribution in [0.25, 0.3) is 10.9 Å². The van der Waals surface area contributed by atoms with Gasteiger partial charge in [-0.25, -0.2) is 9.97 Å². The number of aromatic nitrogens is 2. The van der Waals surface area contributed by atoms with Crippen LogP contribution in [0.3, 0.4) is 0 Å². The lowest BCUT2D eigenvalue weighted by Gasteiger charge is -2.21. The van der Waals surface area contributed by atoms with Crippen molar-refractivity contribution < 1.29 is 14.3 Å². The molecule has 8 heteroatoms. The van der Waals surface area contributed by atoms with Crippen molar-refractivity contribution in [2.75, 3.05) is 19.0 Å². The zero-order valence-corrected chi connectivity index (χ0v) is 15.2. The Kier molecular flexibility index (Phi) is 4.83. The van der Waals surface area contributed by atoms with Gasteiger partial charge < -0.3 is 4.74 Å². The number of aryl methyl sites for hydroxylation is 3. The summed E-state index contributed by atoms with van der Waals surface area (Å²) in [5.41, 5.74) is 4.00. The standard InChI is InChI=1S/C18H21N5O3/c1-9-5-13-11(3)20-18(21-14(13)6-10(9)2)23-17-19-8-12(16(25)22-17)7-15(24)26-4/h5-6,12H,7-8H2,1-4H3,(H2,19,20,21,22,23,25)/t12-/m0/s1. The molecular weight excluding hydrogens is 334 g/mol. The van der Waals surface area contributed by atoms with Crippen LogP contribution in [0.2, 0.25) is 0 Å². The Bertz CT molecular complexity index is 923. The number of aliphatic imine (C=N–C) groups is 1. The second-order valence-electron chi connectivity index (χ2n) is 6.37. The van der Waals surface area contributed by atoms with E-state index in [1.165, 1.54) is 12.7 Å². The summed E-state index contributed by atoms with van der Waals surface area (Å²) in [5, 5.41) is 6.58. The number of methoxy groups -OCH3 is 1. The van der Waals surface area contributed by atoms with Crippen molar-refractivity contribution in [2.24, 2.45) is 10.9 Å². The van der Waals surface area contributed by atoms with Crippen molar-refractivity contribution in [1.29, 1.82) is 0 Å². The molecule has 2 heterocycles. The molecule has 0 spiro atoms. The van der Waals surface area contributed by atoms with Crippen LogP contribution in [0.1, 0.15) is 23.2 Å². The number of anilines is 1. The third-order valence-corrected chi connectivity index (χ3v) is 4.45. The van der Waals surface area contributed by atoms with E-state index in [1.807, 2.05) is 19.9 Å². The summed E-state index contributed by atoms with van der Waals surface area (Å²) in [6, 6.07) is 4.08. The number of hydrogen-bond acceptors (Lipinski definition) is 7. The summed E-state index contributed by atoms with van der Waals surface area (Å²) >= 11 is 0. The Hall–Kier alpha value is -3.03. The molecule has 1 atom stereocenters. The predicted octanol–water partition coefficient (Wildman–Crippen LogP) is 1.63. The number of nitrogens with one attached hydrogen (secondary N) is 2. The molecule has 0 radical (unpaired) electrons. The summed E-state index contributed by atoms with van der Waals surface area (Å²) in [7, 11) is 1.29. The molecule has 3 rings (SSSR count). The molecule has 0 fully saturated rings. The second-order valence-corrected chi connectivity index (χ2v) is 6.37. The number of hydrogen-bond donors (Lipinski definition) is 2. The first-order chi connectivity index (χ1) is 12.4. The SMILES string of the molecule is COC(=O)C[C@H]1CN=C(Nc2nc(C)c3cc(C)c(C)cc3n2)NC1=O. The molecule has 8 nitrogen and oxygen atoms in total. The average molecular weight is 355 g/mol. The zero-order valence-electron chi connectivity index (χ0n) is 15.2. The van der Waals surface area contributed by atoms with Crippen molar-refractivity contribution in [3.05, 3.63) is 29.0 Å². The fourth-order valence-electron chi connectivity index (χ4n) is 2.76. The highest BCUT2D eigenvalue weighted by molar-refractivity contribution is 6.06. The van der Waals surface area contributed by atoms with Gasteiger partial charge in [-0.05, 0) is 44.0 Å². The number of amides is 1. The van der Waals surface area contributed by atoms with Gasteiger partial charge in [-0.1, -0.05) is 0 Å². The molecule has 1 aliphatic rings. The maximum absolute atomic E-state index is 12.1. The van der Waals surface area contributed by atoms with Crippen LogP contribution in [0.4, 0.5) is 5.95 Å². The highest BCUT2D eigenvalue weighted by Crippen LogP contribution is 2.21. The number of carbonyl (C=O) groups excluding carboxylic acids is 2. The van der Waals surface area contributed by atoms with E-state index in [2.05, 4.69) is 43.3 Å². The van der Waals surface area contributed by atoms with Gasteiger partial charge in [0.05, 0.1) is 37.2 Å². The van der Waals surface area contributed by atoms with Crippen molar-refractivity contribution >= 4 is 34.7 Å². The Morgan fingerprint density at radius 2 is 2.00 bits per heavy atom. The largest absolute Gasteiger partial charge is 0.469 e. The number of carbonyl (C=O) groups is 2. The van der Waals surface area contributed by atoms with E-state index in [1.54, 1.807) is 0 Å². The van der Waals surface area contributed by atoms with Crippen molar-refractivity contribution in [3.63, 3.8) is 0 Å². The minimum absolute atomic E-state index is 0.00330. The summed E-state index contributed by atoms with van der Waals surface area (Å²) in [6.45, 7) is 6.20. The lowest BCUT2D eigenvalue weighted by molar-refractivity contribution is -0.143. The minimum atomic E-state index is -0.530. The second kappa shape index (κ2) is 7.07. The summed E-state index contributed by atoms with van der Waals surface area (Å²) in [4.78, 5) is 36.7. The van der Waals surface area contributed by atoms with Gasteiger partial charge in [-0.15, -0.1) is 0 Å². The molecule has 0 saturated heterocycles. The van der Waals surface area contributed by atoms with Gasteiger partial charge in [0, 0.05) is 5.39 Å². The fraction of sp³-hybridized carbons (Fsp3) is 0.389. The van der Waals surface area contributed by atoms with Gasteiger partial charge in [-0.2, -0.15) is 0 Å². The van der Waals surface area contributed by atoms with Gasteiger partial charge >= 0.3 is 5.97 Å². The monoisotopic (exact) mass is 355 g/mol. The molecule has 26 heavy (non-hydrogen) atoms. The van der Waals surface area contributed by atoms with Crippen LogP contribution in [0.15, 0.2) is 17.1 Å². The maximum atomic E-state index is 12.1. The van der Waals surface area contributed by atoms with Crippen LogP contribution in [-0.4, -0.2) is 41.5 Å². The summed E-state index contributed by atoms with van der Waals surface area (Å²) < 4.78 is 4.59. The topological polar surface area (TPSA) is 106 Å². The molecule has 0 saturated carbocycles. The van der Waals surface area contributed by atoms with Crippen LogP contribution in [0.5, 0.6) is 0 Å². The molecule has 0 aliphatic carbocycles. The molecule has 1 aromatic carbocycles. The quantitative estimate of drug-likeness (QED) is 0.811. The third-order valence-electron chi connectivity index (χ3n) is 4.45. The van der Waals surface area contributed by atoms with E-state index in [9.17, 15) is 9.59 Å². The Morgan fingerprint density at radius 3 is 2.69 bits per heavy atom. The van der Waals surface area contributed by atoms with Gasteiger partial charge in [0.2, 0.25) is 17.8 Å². The number of nitrogens with zero attached hydrogens (tertiary/aromatic N) is 3. The lowest BCUT2D eigenvalue weighted by Crippen LogP contribution is -2.45. The maximum Gasteiger partial charge on any atom is 0.306 e. The van der Waals surface area contributed by atoms with Crippen molar-refractivity contribution in [3.8, 4) is 0 Å². The van der Waals surface area contributed by atoms with Gasteiger partial charge in [0.15, 0.2) is 0 Å². The predicted molar refractivity (Wildman–Crippen MR) is 97.9 cm³/mol. The van der Waals surface area contributed by atoms with Crippen LogP contribution < -0.4 is 10.6 Å². The molecule has 2 N–H and O–H groups in total. The van der Waals surface area contributed by atoms with Crippen LogP contribution >= 0.6 is 0 Å². The minimum Gasteiger partial charge on any atom is -0.469 e. The van der Waals surface area contributed by atoms with E-state index >= 15 is 0 Å². The van der Waals surface area contributed by atoms with E-state index in [0.717, 1.165) is 22.2 Å². The molecular formula is C18H21N5O3. The molecule has 1 amide bonds. The van der Waals surface area contributed by atoms with Gasteiger partial charge in [-0.3, -0.25) is 25.2 Å². The molecule has 0 unspecified atom stereocenters. The summed E-state index contributed by atoms with van der Waals surface area (Å²) in [6.07, 6.45) is 0.00330. The highest BCUT2D eigenvalue weighted by atomic mass is 16.5. The number of esters is 1. The number of rotatable bonds is 3. The number of guanidine groups is 1. The normalized spacial score (nSPS) is 16.8. The van der Waals surface area contributed by atoms with E-state index in [0.29, 0.717) is 5.95 Å². The highest BCUT2D eigenvalue weighted by Gasteiger charge is 2.27. The molecule has 1 aliphatic heterocycles.